The van der Waals surface area contributed by atoms with E-state index in [9.17, 15) is 9.59 Å². The van der Waals surface area contributed by atoms with E-state index < -0.39 is 6.04 Å². The van der Waals surface area contributed by atoms with Crippen molar-refractivity contribution in [2.24, 2.45) is 0 Å². The molecule has 3 rings (SSSR count). The van der Waals surface area contributed by atoms with E-state index in [1.165, 1.54) is 10.7 Å². The number of carbonyl (C=O) groups is 1. The Kier molecular flexibility index (Phi) is 5.49. The van der Waals surface area contributed by atoms with Crippen LogP contribution in [-0.2, 0) is 11.3 Å². The number of aromatic nitrogens is 4. The first-order valence-electron chi connectivity index (χ1n) is 8.88. The minimum atomic E-state index is -0.702. The molecule has 1 aromatic carbocycles. The van der Waals surface area contributed by atoms with Gasteiger partial charge in [0.2, 0.25) is 5.91 Å². The lowest BCUT2D eigenvalue weighted by molar-refractivity contribution is -0.124. The van der Waals surface area contributed by atoms with E-state index in [0.29, 0.717) is 18.8 Å². The van der Waals surface area contributed by atoms with E-state index in [0.717, 1.165) is 17.0 Å². The fraction of sp³-hybridized carbons (Fsp3) is 0.300. The van der Waals surface area contributed by atoms with Crippen molar-refractivity contribution in [3.8, 4) is 11.3 Å². The number of aryl methyl sites for hydroxylation is 2. The Balaban J connectivity index is 1.71. The maximum absolute atomic E-state index is 12.5. The summed E-state index contributed by atoms with van der Waals surface area (Å²) in [4.78, 5) is 28.8. The molecule has 0 bridgehead atoms. The van der Waals surface area contributed by atoms with Crippen LogP contribution in [0.25, 0.3) is 11.3 Å². The predicted molar refractivity (Wildman–Crippen MR) is 103 cm³/mol. The van der Waals surface area contributed by atoms with E-state index in [4.69, 9.17) is 0 Å². The Morgan fingerprint density at radius 3 is 2.56 bits per heavy atom. The van der Waals surface area contributed by atoms with Crippen LogP contribution < -0.4 is 10.9 Å². The normalized spacial score (nSPS) is 12.0. The van der Waals surface area contributed by atoms with Crippen LogP contribution in [0.2, 0.25) is 0 Å². The summed E-state index contributed by atoms with van der Waals surface area (Å²) in [5.74, 6) is 0.643. The van der Waals surface area contributed by atoms with Crippen molar-refractivity contribution in [2.45, 2.75) is 33.4 Å². The molecule has 1 amide bonds. The zero-order valence-electron chi connectivity index (χ0n) is 15.7. The topological polar surface area (TPSA) is 81.8 Å². The summed E-state index contributed by atoms with van der Waals surface area (Å²) in [6.07, 6.45) is 3.59. The lowest BCUT2D eigenvalue weighted by Gasteiger charge is -2.15. The van der Waals surface area contributed by atoms with Crippen molar-refractivity contribution in [1.82, 2.24) is 24.6 Å². The van der Waals surface area contributed by atoms with Crippen molar-refractivity contribution >= 4 is 5.91 Å². The molecule has 27 heavy (non-hydrogen) atoms. The van der Waals surface area contributed by atoms with Crippen LogP contribution in [0.1, 0.15) is 24.4 Å². The average molecular weight is 365 g/mol. The Labute approximate surface area is 157 Å². The summed E-state index contributed by atoms with van der Waals surface area (Å²) in [6, 6.07) is 10.3. The van der Waals surface area contributed by atoms with E-state index in [-0.39, 0.29) is 11.5 Å². The van der Waals surface area contributed by atoms with E-state index in [1.807, 2.05) is 48.9 Å². The average Bonchev–Trinajstić information content (AvgIpc) is 3.07. The van der Waals surface area contributed by atoms with Crippen LogP contribution >= 0.6 is 0 Å². The van der Waals surface area contributed by atoms with Crippen LogP contribution in [0, 0.1) is 13.8 Å². The summed E-state index contributed by atoms with van der Waals surface area (Å²) in [6.45, 7) is 6.66. The third kappa shape index (κ3) is 4.31. The van der Waals surface area contributed by atoms with Gasteiger partial charge in [-0.25, -0.2) is 9.67 Å². The number of rotatable bonds is 6. The van der Waals surface area contributed by atoms with Crippen molar-refractivity contribution in [3.05, 3.63) is 70.5 Å². The first kappa shape index (κ1) is 18.6. The third-order valence-corrected chi connectivity index (χ3v) is 4.49. The van der Waals surface area contributed by atoms with Gasteiger partial charge in [-0.2, -0.15) is 5.10 Å². The molecule has 0 aliphatic heterocycles. The van der Waals surface area contributed by atoms with Gasteiger partial charge in [0, 0.05) is 37.1 Å². The summed E-state index contributed by atoms with van der Waals surface area (Å²) in [5.41, 5.74) is 2.40. The van der Waals surface area contributed by atoms with Gasteiger partial charge in [0.1, 0.15) is 11.9 Å². The molecule has 0 saturated carbocycles. The molecule has 2 heterocycles. The first-order chi connectivity index (χ1) is 13.0. The van der Waals surface area contributed by atoms with Gasteiger partial charge in [-0.1, -0.05) is 29.8 Å². The van der Waals surface area contributed by atoms with Crippen LogP contribution in [0.5, 0.6) is 0 Å². The standard InChI is InChI=1S/C20H23N5O2/c1-14-4-6-17(7-5-14)18-8-9-19(26)25(23-18)15(2)20(27)22-11-13-24-12-10-21-16(24)3/h4-10,12,15H,11,13H2,1-3H3,(H,22,27). The fourth-order valence-electron chi connectivity index (χ4n) is 2.78. The van der Waals surface area contributed by atoms with Gasteiger partial charge in [-0.15, -0.1) is 0 Å². The van der Waals surface area contributed by atoms with Crippen LogP contribution in [0.15, 0.2) is 53.6 Å². The minimum absolute atomic E-state index is 0.247. The molecule has 2 aromatic heterocycles. The highest BCUT2D eigenvalue weighted by Gasteiger charge is 2.17. The predicted octanol–water partition coefficient (Wildman–Crippen LogP) is 2.10. The van der Waals surface area contributed by atoms with Crippen LogP contribution in [0.3, 0.4) is 0 Å². The van der Waals surface area contributed by atoms with Gasteiger partial charge in [0.05, 0.1) is 5.69 Å². The maximum atomic E-state index is 12.5. The molecule has 1 N–H and O–H groups in total. The van der Waals surface area contributed by atoms with Crippen molar-refractivity contribution in [2.75, 3.05) is 6.54 Å². The second-order valence-electron chi connectivity index (χ2n) is 6.50. The van der Waals surface area contributed by atoms with Crippen LogP contribution in [-0.4, -0.2) is 31.8 Å². The molecule has 0 aliphatic carbocycles. The summed E-state index contributed by atoms with van der Waals surface area (Å²) in [7, 11) is 0. The number of hydrogen-bond acceptors (Lipinski definition) is 4. The molecule has 0 fully saturated rings. The van der Waals surface area contributed by atoms with Crippen molar-refractivity contribution in [1.29, 1.82) is 0 Å². The van der Waals surface area contributed by atoms with E-state index in [1.54, 1.807) is 19.2 Å². The fourth-order valence-corrected chi connectivity index (χ4v) is 2.78. The molecule has 1 atom stereocenters. The molecule has 0 saturated heterocycles. The lowest BCUT2D eigenvalue weighted by atomic mass is 10.1. The SMILES string of the molecule is Cc1ccc(-c2ccc(=O)n(C(C)C(=O)NCCn3ccnc3C)n2)cc1. The lowest BCUT2D eigenvalue weighted by Crippen LogP contribution is -2.38. The Morgan fingerprint density at radius 1 is 1.15 bits per heavy atom. The highest BCUT2D eigenvalue weighted by atomic mass is 16.2. The largest absolute Gasteiger partial charge is 0.352 e. The Bertz CT molecular complexity index is 988. The summed E-state index contributed by atoms with van der Waals surface area (Å²) >= 11 is 0. The van der Waals surface area contributed by atoms with Gasteiger partial charge in [0.25, 0.3) is 5.56 Å². The molecule has 7 nitrogen and oxygen atoms in total. The number of carbonyl (C=O) groups excluding carboxylic acids is 1. The number of amides is 1. The minimum Gasteiger partial charge on any atom is -0.352 e. The van der Waals surface area contributed by atoms with Gasteiger partial charge < -0.3 is 9.88 Å². The highest BCUT2D eigenvalue weighted by molar-refractivity contribution is 5.79. The zero-order valence-corrected chi connectivity index (χ0v) is 15.7. The second kappa shape index (κ2) is 7.99. The van der Waals surface area contributed by atoms with Crippen molar-refractivity contribution in [3.63, 3.8) is 0 Å². The number of benzene rings is 1. The van der Waals surface area contributed by atoms with Crippen molar-refractivity contribution < 1.29 is 4.79 Å². The van der Waals surface area contributed by atoms with Gasteiger partial charge in [-0.05, 0) is 26.8 Å². The zero-order chi connectivity index (χ0) is 19.4. The molecule has 1 unspecified atom stereocenters. The van der Waals surface area contributed by atoms with E-state index >= 15 is 0 Å². The highest BCUT2D eigenvalue weighted by Crippen LogP contribution is 2.16. The molecule has 0 aliphatic rings. The molecule has 7 heteroatoms. The first-order valence-corrected chi connectivity index (χ1v) is 8.88. The second-order valence-corrected chi connectivity index (χ2v) is 6.50. The summed E-state index contributed by atoms with van der Waals surface area (Å²) in [5, 5.41) is 7.25. The Hall–Kier alpha value is -3.22. The smallest absolute Gasteiger partial charge is 0.267 e. The van der Waals surface area contributed by atoms with E-state index in [2.05, 4.69) is 15.4 Å². The molecular weight excluding hydrogens is 342 g/mol. The summed E-state index contributed by atoms with van der Waals surface area (Å²) < 4.78 is 3.18. The van der Waals surface area contributed by atoms with Crippen LogP contribution in [0.4, 0.5) is 0 Å². The molecule has 140 valence electrons. The van der Waals surface area contributed by atoms with Gasteiger partial charge >= 0.3 is 0 Å². The number of nitrogens with zero attached hydrogens (tertiary/aromatic N) is 4. The maximum Gasteiger partial charge on any atom is 0.267 e. The molecule has 0 radical (unpaired) electrons. The molecule has 0 spiro atoms. The molecular formula is C20H23N5O2. The monoisotopic (exact) mass is 365 g/mol. The number of hydrogen-bond donors (Lipinski definition) is 1. The third-order valence-electron chi connectivity index (χ3n) is 4.49. The van der Waals surface area contributed by atoms with Gasteiger partial charge in [-0.3, -0.25) is 9.59 Å². The molecule has 3 aromatic rings. The van der Waals surface area contributed by atoms with Gasteiger partial charge in [0.15, 0.2) is 0 Å². The number of imidazole rings is 1. The Morgan fingerprint density at radius 2 is 1.89 bits per heavy atom. The number of nitrogens with one attached hydrogen (secondary N) is 1. The quantitative estimate of drug-likeness (QED) is 0.725.